The Hall–Kier alpha value is -2.54. The molecule has 2 heterocycles. The standard InChI is InChI=1S/C15H12FN3O2S/c1-8-9(3-2-4-11(8)16)12-10(15(20)21)7-18-13(19-12)14-17-5-6-22-14/h2-7,12H,1H3,(H,18,19)(H,20,21). The SMILES string of the molecule is Cc1c(F)cccc1C1N=C(c2nccs2)NC=C1C(=O)O. The van der Waals surface area contributed by atoms with Crippen LogP contribution in [0.3, 0.4) is 0 Å². The lowest BCUT2D eigenvalue weighted by atomic mass is 9.94. The van der Waals surface area contributed by atoms with Crippen molar-refractivity contribution in [3.63, 3.8) is 0 Å². The molecule has 1 aromatic heterocycles. The van der Waals surface area contributed by atoms with Crippen molar-refractivity contribution in [3.05, 3.63) is 63.5 Å². The quantitative estimate of drug-likeness (QED) is 0.912. The molecular weight excluding hydrogens is 305 g/mol. The van der Waals surface area contributed by atoms with E-state index in [-0.39, 0.29) is 11.4 Å². The molecule has 0 saturated carbocycles. The Bertz CT molecular complexity index is 784. The van der Waals surface area contributed by atoms with Gasteiger partial charge in [-0.05, 0) is 24.1 Å². The lowest BCUT2D eigenvalue weighted by molar-refractivity contribution is -0.133. The van der Waals surface area contributed by atoms with E-state index in [9.17, 15) is 14.3 Å². The van der Waals surface area contributed by atoms with E-state index in [4.69, 9.17) is 0 Å². The summed E-state index contributed by atoms with van der Waals surface area (Å²) in [6.07, 6.45) is 3.03. The van der Waals surface area contributed by atoms with Crippen LogP contribution in [0.5, 0.6) is 0 Å². The lowest BCUT2D eigenvalue weighted by Crippen LogP contribution is -2.28. The second-order valence-electron chi connectivity index (χ2n) is 4.72. The Labute approximate surface area is 129 Å². The predicted molar refractivity (Wildman–Crippen MR) is 81.4 cm³/mol. The first-order valence-electron chi connectivity index (χ1n) is 6.50. The smallest absolute Gasteiger partial charge is 0.335 e. The van der Waals surface area contributed by atoms with Crippen molar-refractivity contribution in [2.75, 3.05) is 0 Å². The van der Waals surface area contributed by atoms with Gasteiger partial charge in [0.15, 0.2) is 10.8 Å². The highest BCUT2D eigenvalue weighted by Gasteiger charge is 2.28. The van der Waals surface area contributed by atoms with Gasteiger partial charge >= 0.3 is 5.97 Å². The number of amidine groups is 1. The number of aromatic nitrogens is 1. The third-order valence-corrected chi connectivity index (χ3v) is 4.18. The molecule has 1 unspecified atom stereocenters. The van der Waals surface area contributed by atoms with E-state index < -0.39 is 12.0 Å². The van der Waals surface area contributed by atoms with E-state index in [0.717, 1.165) is 0 Å². The van der Waals surface area contributed by atoms with Crippen LogP contribution in [0.2, 0.25) is 0 Å². The number of aliphatic carboxylic acids is 1. The largest absolute Gasteiger partial charge is 0.478 e. The number of nitrogens with zero attached hydrogens (tertiary/aromatic N) is 2. The molecule has 0 aliphatic carbocycles. The molecule has 22 heavy (non-hydrogen) atoms. The summed E-state index contributed by atoms with van der Waals surface area (Å²) >= 11 is 1.39. The minimum atomic E-state index is -1.09. The van der Waals surface area contributed by atoms with Crippen molar-refractivity contribution in [2.45, 2.75) is 13.0 Å². The van der Waals surface area contributed by atoms with Crippen LogP contribution in [0.4, 0.5) is 4.39 Å². The number of hydrogen-bond acceptors (Lipinski definition) is 5. The lowest BCUT2D eigenvalue weighted by Gasteiger charge is -2.22. The van der Waals surface area contributed by atoms with E-state index in [2.05, 4.69) is 15.3 Å². The molecule has 1 aliphatic heterocycles. The zero-order valence-corrected chi connectivity index (χ0v) is 12.4. The number of carboxylic acids is 1. The summed E-state index contributed by atoms with van der Waals surface area (Å²) < 4.78 is 13.8. The molecule has 0 amide bonds. The fourth-order valence-electron chi connectivity index (χ4n) is 2.25. The average molecular weight is 317 g/mol. The van der Waals surface area contributed by atoms with Crippen LogP contribution in [-0.2, 0) is 4.79 Å². The van der Waals surface area contributed by atoms with E-state index >= 15 is 0 Å². The average Bonchev–Trinajstić information content (AvgIpc) is 3.03. The fourth-order valence-corrected chi connectivity index (χ4v) is 2.85. The van der Waals surface area contributed by atoms with Crippen LogP contribution in [-0.4, -0.2) is 21.9 Å². The first-order valence-corrected chi connectivity index (χ1v) is 7.38. The van der Waals surface area contributed by atoms with E-state index in [1.165, 1.54) is 23.6 Å². The highest BCUT2D eigenvalue weighted by Crippen LogP contribution is 2.32. The van der Waals surface area contributed by atoms with Gasteiger partial charge < -0.3 is 10.4 Å². The molecule has 1 atom stereocenters. The molecule has 1 aromatic carbocycles. The summed E-state index contributed by atoms with van der Waals surface area (Å²) in [5.74, 6) is -0.997. The van der Waals surface area contributed by atoms with Gasteiger partial charge in [0.25, 0.3) is 0 Å². The van der Waals surface area contributed by atoms with Crippen molar-refractivity contribution in [2.24, 2.45) is 4.99 Å². The fraction of sp³-hybridized carbons (Fsp3) is 0.133. The van der Waals surface area contributed by atoms with Crippen molar-refractivity contribution in [1.82, 2.24) is 10.3 Å². The van der Waals surface area contributed by atoms with Crippen LogP contribution in [0.25, 0.3) is 0 Å². The first-order chi connectivity index (χ1) is 10.6. The molecule has 0 saturated heterocycles. The Morgan fingerprint density at radius 2 is 2.27 bits per heavy atom. The number of thiazole rings is 1. The maximum absolute atomic E-state index is 13.8. The Balaban J connectivity index is 2.10. The van der Waals surface area contributed by atoms with Gasteiger partial charge in [-0.1, -0.05) is 12.1 Å². The van der Waals surface area contributed by atoms with Crippen LogP contribution >= 0.6 is 11.3 Å². The summed E-state index contributed by atoms with van der Waals surface area (Å²) in [5.41, 5.74) is 0.988. The van der Waals surface area contributed by atoms with Gasteiger partial charge in [-0.2, -0.15) is 0 Å². The highest BCUT2D eigenvalue weighted by atomic mass is 32.1. The van der Waals surface area contributed by atoms with E-state index in [1.54, 1.807) is 30.6 Å². The summed E-state index contributed by atoms with van der Waals surface area (Å²) in [6.45, 7) is 1.62. The van der Waals surface area contributed by atoms with Gasteiger partial charge in [0, 0.05) is 17.8 Å². The molecule has 1 aliphatic rings. The molecule has 2 aromatic rings. The van der Waals surface area contributed by atoms with Crippen molar-refractivity contribution >= 4 is 23.1 Å². The number of nitrogens with one attached hydrogen (secondary N) is 1. The van der Waals surface area contributed by atoms with Crippen molar-refractivity contribution in [3.8, 4) is 0 Å². The number of halogens is 1. The van der Waals surface area contributed by atoms with Gasteiger partial charge in [-0.3, -0.25) is 4.99 Å². The van der Waals surface area contributed by atoms with Crippen LogP contribution in [0, 0.1) is 12.7 Å². The Morgan fingerprint density at radius 1 is 1.45 bits per heavy atom. The molecule has 0 spiro atoms. The van der Waals surface area contributed by atoms with Crippen molar-refractivity contribution in [1.29, 1.82) is 0 Å². The Morgan fingerprint density at radius 3 is 2.95 bits per heavy atom. The van der Waals surface area contributed by atoms with E-state index in [1.807, 2.05) is 0 Å². The molecule has 0 bridgehead atoms. The maximum atomic E-state index is 13.8. The second kappa shape index (κ2) is 5.69. The van der Waals surface area contributed by atoms with E-state index in [0.29, 0.717) is 22.0 Å². The summed E-state index contributed by atoms with van der Waals surface area (Å²) in [5, 5.41) is 14.7. The van der Waals surface area contributed by atoms with Crippen molar-refractivity contribution < 1.29 is 14.3 Å². The number of aliphatic imine (C=N–C) groups is 1. The number of carboxylic acid groups (broad SMARTS) is 1. The van der Waals surface area contributed by atoms with Gasteiger partial charge in [0.1, 0.15) is 11.9 Å². The molecular formula is C15H12FN3O2S. The third-order valence-electron chi connectivity index (χ3n) is 3.40. The predicted octanol–water partition coefficient (Wildman–Crippen LogP) is 2.65. The normalized spacial score (nSPS) is 17.5. The molecule has 7 heteroatoms. The summed E-state index contributed by atoms with van der Waals surface area (Å²) in [6, 6.07) is 3.81. The molecule has 0 fully saturated rings. The molecule has 2 N–H and O–H groups in total. The van der Waals surface area contributed by atoms with Gasteiger partial charge in [0.05, 0.1) is 5.57 Å². The van der Waals surface area contributed by atoms with Crippen LogP contribution in [0.15, 0.2) is 46.5 Å². The Kier molecular flexibility index (Phi) is 3.72. The van der Waals surface area contributed by atoms with Gasteiger partial charge in [0.2, 0.25) is 0 Å². The van der Waals surface area contributed by atoms with Crippen LogP contribution in [0.1, 0.15) is 22.2 Å². The summed E-state index contributed by atoms with van der Waals surface area (Å²) in [7, 11) is 0. The number of rotatable bonds is 3. The maximum Gasteiger partial charge on any atom is 0.335 e. The third kappa shape index (κ3) is 2.50. The monoisotopic (exact) mass is 317 g/mol. The summed E-state index contributed by atoms with van der Waals surface area (Å²) in [4.78, 5) is 20.0. The second-order valence-corrected chi connectivity index (χ2v) is 5.62. The molecule has 3 rings (SSSR count). The van der Waals surface area contributed by atoms with Gasteiger partial charge in [-0.15, -0.1) is 11.3 Å². The minimum absolute atomic E-state index is 0.0639. The molecule has 112 valence electrons. The minimum Gasteiger partial charge on any atom is -0.478 e. The highest BCUT2D eigenvalue weighted by molar-refractivity contribution is 7.11. The number of benzene rings is 1. The topological polar surface area (TPSA) is 74.6 Å². The first kappa shape index (κ1) is 14.4. The number of hydrogen-bond donors (Lipinski definition) is 2. The molecule has 0 radical (unpaired) electrons. The number of carbonyl (C=O) groups is 1. The zero-order chi connectivity index (χ0) is 15.7. The molecule has 5 nitrogen and oxygen atoms in total. The van der Waals surface area contributed by atoms with Gasteiger partial charge in [-0.25, -0.2) is 14.2 Å². The van der Waals surface area contributed by atoms with Crippen LogP contribution < -0.4 is 5.32 Å². The zero-order valence-electron chi connectivity index (χ0n) is 11.6.